The van der Waals surface area contributed by atoms with Gasteiger partial charge in [0, 0.05) is 24.2 Å². The first-order chi connectivity index (χ1) is 18.0. The van der Waals surface area contributed by atoms with Crippen LogP contribution in [0.25, 0.3) is 10.9 Å². The minimum Gasteiger partial charge on any atom is -0.494 e. The number of aryl methyl sites for hydroxylation is 1. The van der Waals surface area contributed by atoms with E-state index in [9.17, 15) is 14.0 Å². The first kappa shape index (κ1) is 25.3. The van der Waals surface area contributed by atoms with Crippen LogP contribution >= 0.6 is 0 Å². The molecular formula is C28H25FN4O4. The van der Waals surface area contributed by atoms with Crippen LogP contribution in [0.3, 0.4) is 0 Å². The Hall–Kier alpha value is -4.79. The van der Waals surface area contributed by atoms with E-state index in [4.69, 9.17) is 9.47 Å². The summed E-state index contributed by atoms with van der Waals surface area (Å²) in [5.41, 5.74) is 2.30. The molecule has 0 aliphatic heterocycles. The van der Waals surface area contributed by atoms with E-state index in [1.54, 1.807) is 18.2 Å². The second-order valence-electron chi connectivity index (χ2n) is 8.08. The van der Waals surface area contributed by atoms with Crippen LogP contribution in [0.15, 0.2) is 79.6 Å². The highest BCUT2D eigenvalue weighted by Crippen LogP contribution is 2.35. The molecular weight excluding hydrogens is 475 g/mol. The average molecular weight is 501 g/mol. The fraction of sp³-hybridized carbons (Fsp3) is 0.143. The van der Waals surface area contributed by atoms with Gasteiger partial charge in [0.25, 0.3) is 0 Å². The Morgan fingerprint density at radius 2 is 1.84 bits per heavy atom. The summed E-state index contributed by atoms with van der Waals surface area (Å²) in [6, 6.07) is 17.2. The van der Waals surface area contributed by atoms with Gasteiger partial charge in [0.1, 0.15) is 12.1 Å². The number of benzene rings is 3. The quantitative estimate of drug-likeness (QED) is 0.273. The molecule has 37 heavy (non-hydrogen) atoms. The molecule has 2 N–H and O–H groups in total. The van der Waals surface area contributed by atoms with Crippen molar-refractivity contribution >= 4 is 34.1 Å². The number of fused-ring (bicyclic) bond motifs is 1. The van der Waals surface area contributed by atoms with Gasteiger partial charge in [0.2, 0.25) is 17.7 Å². The summed E-state index contributed by atoms with van der Waals surface area (Å²) < 4.78 is 25.9. The van der Waals surface area contributed by atoms with Crippen molar-refractivity contribution in [3.05, 3.63) is 91.0 Å². The van der Waals surface area contributed by atoms with Crippen LogP contribution in [0.5, 0.6) is 17.4 Å². The Morgan fingerprint density at radius 3 is 2.57 bits per heavy atom. The number of nitrogens with one attached hydrogen (secondary N) is 2. The third-order valence-electron chi connectivity index (χ3n) is 5.50. The molecule has 188 valence electrons. The molecule has 4 rings (SSSR count). The number of rotatable bonds is 10. The Balaban J connectivity index is 1.46. The summed E-state index contributed by atoms with van der Waals surface area (Å²) in [5.74, 6) is -0.938. The maximum atomic E-state index is 14.9. The number of anilines is 2. The Labute approximate surface area is 213 Å². The third-order valence-corrected chi connectivity index (χ3v) is 5.50. The van der Waals surface area contributed by atoms with Gasteiger partial charge in [0.05, 0.1) is 23.7 Å². The highest BCUT2D eigenvalue weighted by atomic mass is 19.1. The topological polar surface area (TPSA) is 102 Å². The molecule has 0 fully saturated rings. The molecule has 1 heterocycles. The summed E-state index contributed by atoms with van der Waals surface area (Å²) in [6.45, 7) is 3.44. The SMILES string of the molecule is C=CC(=O)Nc1cc2c(Oc3ccc(NC(=O)CCCc4ccccc4)cc3F)ncnc2cc1OC. The average Bonchev–Trinajstić information content (AvgIpc) is 2.90. The van der Waals surface area contributed by atoms with E-state index < -0.39 is 11.7 Å². The van der Waals surface area contributed by atoms with Crippen molar-refractivity contribution in [2.24, 2.45) is 0 Å². The Kier molecular flexibility index (Phi) is 8.05. The van der Waals surface area contributed by atoms with Crippen molar-refractivity contribution in [2.75, 3.05) is 17.7 Å². The van der Waals surface area contributed by atoms with Gasteiger partial charge in [-0.05, 0) is 42.7 Å². The van der Waals surface area contributed by atoms with E-state index in [0.717, 1.165) is 18.1 Å². The van der Waals surface area contributed by atoms with Crippen molar-refractivity contribution in [3.63, 3.8) is 0 Å². The summed E-state index contributed by atoms with van der Waals surface area (Å²) in [6.07, 6.45) is 4.19. The summed E-state index contributed by atoms with van der Waals surface area (Å²) in [4.78, 5) is 32.4. The largest absolute Gasteiger partial charge is 0.494 e. The maximum Gasteiger partial charge on any atom is 0.247 e. The van der Waals surface area contributed by atoms with Crippen molar-refractivity contribution < 1.29 is 23.5 Å². The number of methoxy groups -OCH3 is 1. The van der Waals surface area contributed by atoms with Crippen LogP contribution in [0.2, 0.25) is 0 Å². The van der Waals surface area contributed by atoms with Crippen molar-refractivity contribution in [2.45, 2.75) is 19.3 Å². The van der Waals surface area contributed by atoms with Gasteiger partial charge in [-0.1, -0.05) is 36.9 Å². The van der Waals surface area contributed by atoms with E-state index >= 15 is 0 Å². The highest BCUT2D eigenvalue weighted by Gasteiger charge is 2.15. The van der Waals surface area contributed by atoms with Crippen LogP contribution < -0.4 is 20.1 Å². The molecule has 0 bridgehead atoms. The lowest BCUT2D eigenvalue weighted by Crippen LogP contribution is -2.11. The second kappa shape index (κ2) is 11.8. The zero-order chi connectivity index (χ0) is 26.2. The number of amides is 2. The molecule has 8 nitrogen and oxygen atoms in total. The number of carbonyl (C=O) groups excluding carboxylic acids is 2. The first-order valence-corrected chi connectivity index (χ1v) is 11.5. The monoisotopic (exact) mass is 500 g/mol. The van der Waals surface area contributed by atoms with E-state index in [-0.39, 0.29) is 17.5 Å². The highest BCUT2D eigenvalue weighted by molar-refractivity contribution is 6.02. The number of ether oxygens (including phenoxy) is 2. The minimum atomic E-state index is -0.678. The lowest BCUT2D eigenvalue weighted by atomic mass is 10.1. The van der Waals surface area contributed by atoms with Gasteiger partial charge in [-0.25, -0.2) is 14.4 Å². The van der Waals surface area contributed by atoms with Gasteiger partial charge in [-0.15, -0.1) is 0 Å². The number of halogens is 1. The van der Waals surface area contributed by atoms with Gasteiger partial charge in [-0.2, -0.15) is 0 Å². The molecule has 4 aromatic rings. The Morgan fingerprint density at radius 1 is 1.03 bits per heavy atom. The third kappa shape index (κ3) is 6.46. The van der Waals surface area contributed by atoms with Crippen LogP contribution in [0.4, 0.5) is 15.8 Å². The van der Waals surface area contributed by atoms with Crippen LogP contribution in [0.1, 0.15) is 18.4 Å². The molecule has 0 atom stereocenters. The lowest BCUT2D eigenvalue weighted by Gasteiger charge is -2.13. The molecule has 0 radical (unpaired) electrons. The molecule has 0 spiro atoms. The lowest BCUT2D eigenvalue weighted by molar-refractivity contribution is -0.116. The van der Waals surface area contributed by atoms with Crippen LogP contribution in [0, 0.1) is 5.82 Å². The molecule has 0 aliphatic rings. The van der Waals surface area contributed by atoms with Gasteiger partial charge in [0.15, 0.2) is 11.6 Å². The summed E-state index contributed by atoms with van der Waals surface area (Å²) in [5, 5.41) is 5.79. The van der Waals surface area contributed by atoms with Crippen molar-refractivity contribution in [3.8, 4) is 17.4 Å². The van der Waals surface area contributed by atoms with Crippen LogP contribution in [-0.2, 0) is 16.0 Å². The molecule has 0 saturated carbocycles. The van der Waals surface area contributed by atoms with E-state index in [0.29, 0.717) is 40.9 Å². The fourth-order valence-corrected chi connectivity index (χ4v) is 3.68. The van der Waals surface area contributed by atoms with Crippen molar-refractivity contribution in [1.29, 1.82) is 0 Å². The summed E-state index contributed by atoms with van der Waals surface area (Å²) >= 11 is 0. The standard InChI is InChI=1S/C28H25FN4O4/c1-3-26(34)33-23-15-20-22(16-25(23)36-2)30-17-31-28(20)37-24-13-12-19(14-21(24)29)32-27(35)11-7-10-18-8-5-4-6-9-18/h3-6,8-9,12-17H,1,7,10-11H2,2H3,(H,32,35)(H,33,34). The number of hydrogen-bond acceptors (Lipinski definition) is 6. The zero-order valence-electron chi connectivity index (χ0n) is 20.2. The predicted molar refractivity (Wildman–Crippen MR) is 139 cm³/mol. The molecule has 0 unspecified atom stereocenters. The number of aromatic nitrogens is 2. The van der Waals surface area contributed by atoms with E-state index in [1.807, 2.05) is 30.3 Å². The van der Waals surface area contributed by atoms with Crippen LogP contribution in [-0.4, -0.2) is 28.9 Å². The van der Waals surface area contributed by atoms with Gasteiger partial charge >= 0.3 is 0 Å². The predicted octanol–water partition coefficient (Wildman–Crippen LogP) is 5.66. The zero-order valence-corrected chi connectivity index (χ0v) is 20.2. The van der Waals surface area contributed by atoms with E-state index in [1.165, 1.54) is 25.6 Å². The number of hydrogen-bond donors (Lipinski definition) is 2. The normalized spacial score (nSPS) is 10.5. The van der Waals surface area contributed by atoms with Gasteiger partial charge < -0.3 is 20.1 Å². The molecule has 3 aromatic carbocycles. The Bertz CT molecular complexity index is 1440. The van der Waals surface area contributed by atoms with Crippen molar-refractivity contribution in [1.82, 2.24) is 9.97 Å². The maximum absolute atomic E-state index is 14.9. The fourth-order valence-electron chi connectivity index (χ4n) is 3.68. The first-order valence-electron chi connectivity index (χ1n) is 11.5. The minimum absolute atomic E-state index is 0.0818. The molecule has 0 aliphatic carbocycles. The number of nitrogens with zero attached hydrogens (tertiary/aromatic N) is 2. The van der Waals surface area contributed by atoms with Gasteiger partial charge in [-0.3, -0.25) is 9.59 Å². The molecule has 2 amide bonds. The molecule has 9 heteroatoms. The molecule has 0 saturated heterocycles. The smallest absolute Gasteiger partial charge is 0.247 e. The second-order valence-corrected chi connectivity index (χ2v) is 8.08. The molecule has 1 aromatic heterocycles. The van der Waals surface area contributed by atoms with E-state index in [2.05, 4.69) is 27.2 Å². The summed E-state index contributed by atoms with van der Waals surface area (Å²) in [7, 11) is 1.46. The number of carbonyl (C=O) groups is 2.